The molecule has 2 aromatic rings. The minimum atomic E-state index is 0.0507. The summed E-state index contributed by atoms with van der Waals surface area (Å²) in [5, 5.41) is 12.2. The molecular formula is C20H28N4O2. The zero-order valence-electron chi connectivity index (χ0n) is 15.6. The monoisotopic (exact) mass is 356 g/mol. The highest BCUT2D eigenvalue weighted by atomic mass is 16.5. The Balaban J connectivity index is 1.79. The third-order valence-corrected chi connectivity index (χ3v) is 4.72. The summed E-state index contributed by atoms with van der Waals surface area (Å²) in [6.07, 6.45) is 2.03. The summed E-state index contributed by atoms with van der Waals surface area (Å²) in [6.45, 7) is 4.92. The Kier molecular flexibility index (Phi) is 6.41. The summed E-state index contributed by atoms with van der Waals surface area (Å²) in [4.78, 5) is 11.4. The SMILES string of the molecule is CCc1ccc(CN(C)c2cc([C@@H]3CCOC3)nc(NCCO)n2)cc1. The number of rotatable bonds is 8. The van der Waals surface area contributed by atoms with E-state index in [0.717, 1.165) is 37.5 Å². The van der Waals surface area contributed by atoms with E-state index < -0.39 is 0 Å². The third-order valence-electron chi connectivity index (χ3n) is 4.72. The van der Waals surface area contributed by atoms with Crippen LogP contribution in [0.1, 0.15) is 36.1 Å². The summed E-state index contributed by atoms with van der Waals surface area (Å²) >= 11 is 0. The molecule has 1 aliphatic heterocycles. The third kappa shape index (κ3) is 4.71. The number of aryl methyl sites for hydroxylation is 1. The molecule has 0 aliphatic carbocycles. The molecule has 6 heteroatoms. The second-order valence-corrected chi connectivity index (χ2v) is 6.71. The van der Waals surface area contributed by atoms with Crippen LogP contribution in [0.3, 0.4) is 0 Å². The highest BCUT2D eigenvalue weighted by Gasteiger charge is 2.21. The molecule has 1 atom stereocenters. The number of hydrogen-bond donors (Lipinski definition) is 2. The molecule has 1 saturated heterocycles. The highest BCUT2D eigenvalue weighted by molar-refractivity contribution is 5.46. The molecule has 0 radical (unpaired) electrons. The predicted octanol–water partition coefficient (Wildman–Crippen LogP) is 2.58. The largest absolute Gasteiger partial charge is 0.395 e. The minimum absolute atomic E-state index is 0.0507. The number of aliphatic hydroxyl groups excluding tert-OH is 1. The van der Waals surface area contributed by atoms with Gasteiger partial charge in [0, 0.05) is 38.7 Å². The van der Waals surface area contributed by atoms with Crippen LogP contribution in [0.5, 0.6) is 0 Å². The fraction of sp³-hybridized carbons (Fsp3) is 0.500. The van der Waals surface area contributed by atoms with Gasteiger partial charge in [0.2, 0.25) is 5.95 Å². The zero-order chi connectivity index (χ0) is 18.4. The van der Waals surface area contributed by atoms with Gasteiger partial charge in [0.05, 0.1) is 18.9 Å². The Morgan fingerprint density at radius 2 is 2.00 bits per heavy atom. The number of aromatic nitrogens is 2. The molecule has 3 rings (SSSR count). The topological polar surface area (TPSA) is 70.5 Å². The van der Waals surface area contributed by atoms with Crippen LogP contribution in [0.4, 0.5) is 11.8 Å². The van der Waals surface area contributed by atoms with Crippen molar-refractivity contribution in [3.05, 3.63) is 47.2 Å². The number of aliphatic hydroxyl groups is 1. The van der Waals surface area contributed by atoms with Crippen LogP contribution >= 0.6 is 0 Å². The predicted molar refractivity (Wildman–Crippen MR) is 104 cm³/mol. The fourth-order valence-corrected chi connectivity index (χ4v) is 3.11. The number of ether oxygens (including phenoxy) is 1. The van der Waals surface area contributed by atoms with Gasteiger partial charge in [-0.05, 0) is 24.0 Å². The van der Waals surface area contributed by atoms with Gasteiger partial charge >= 0.3 is 0 Å². The maximum absolute atomic E-state index is 9.08. The van der Waals surface area contributed by atoms with Gasteiger partial charge in [-0.2, -0.15) is 4.98 Å². The van der Waals surface area contributed by atoms with Crippen molar-refractivity contribution < 1.29 is 9.84 Å². The number of anilines is 2. The van der Waals surface area contributed by atoms with Crippen molar-refractivity contribution in [1.82, 2.24) is 9.97 Å². The minimum Gasteiger partial charge on any atom is -0.395 e. The van der Waals surface area contributed by atoms with E-state index in [1.807, 2.05) is 7.05 Å². The Hall–Kier alpha value is -2.18. The first kappa shape index (κ1) is 18.6. The average Bonchev–Trinajstić information content (AvgIpc) is 3.21. The standard InChI is InChI=1S/C20H28N4O2/c1-3-15-4-6-16(7-5-15)13-24(2)19-12-18(17-8-11-26-14-17)22-20(23-19)21-9-10-25/h4-7,12,17,25H,3,8-11,13-14H2,1-2H3,(H,21,22,23)/t17-/m1/s1. The molecule has 0 amide bonds. The van der Waals surface area contributed by atoms with Crippen molar-refractivity contribution in [2.24, 2.45) is 0 Å². The number of benzene rings is 1. The molecule has 1 aliphatic rings. The van der Waals surface area contributed by atoms with Crippen molar-refractivity contribution in [2.75, 3.05) is 43.6 Å². The van der Waals surface area contributed by atoms with Gasteiger partial charge in [-0.1, -0.05) is 31.2 Å². The van der Waals surface area contributed by atoms with Gasteiger partial charge in [-0.3, -0.25) is 0 Å². The molecule has 0 unspecified atom stereocenters. The Labute approximate surface area is 155 Å². The van der Waals surface area contributed by atoms with E-state index in [0.29, 0.717) is 25.0 Å². The second-order valence-electron chi connectivity index (χ2n) is 6.71. The van der Waals surface area contributed by atoms with E-state index in [1.165, 1.54) is 11.1 Å². The van der Waals surface area contributed by atoms with Gasteiger partial charge in [-0.25, -0.2) is 4.98 Å². The van der Waals surface area contributed by atoms with Gasteiger partial charge in [0.1, 0.15) is 5.82 Å². The van der Waals surface area contributed by atoms with Crippen molar-refractivity contribution in [1.29, 1.82) is 0 Å². The normalized spacial score (nSPS) is 16.7. The molecule has 1 fully saturated rings. The fourth-order valence-electron chi connectivity index (χ4n) is 3.11. The summed E-state index contributed by atoms with van der Waals surface area (Å²) < 4.78 is 5.52. The average molecular weight is 356 g/mol. The number of hydrogen-bond acceptors (Lipinski definition) is 6. The van der Waals surface area contributed by atoms with E-state index in [9.17, 15) is 0 Å². The molecule has 1 aromatic heterocycles. The van der Waals surface area contributed by atoms with Crippen LogP contribution in [0.2, 0.25) is 0 Å². The van der Waals surface area contributed by atoms with Crippen molar-refractivity contribution in [2.45, 2.75) is 32.2 Å². The lowest BCUT2D eigenvalue weighted by Crippen LogP contribution is -2.20. The molecule has 0 saturated carbocycles. The second kappa shape index (κ2) is 8.96. The van der Waals surface area contributed by atoms with E-state index >= 15 is 0 Å². The zero-order valence-corrected chi connectivity index (χ0v) is 15.6. The van der Waals surface area contributed by atoms with Crippen LogP contribution in [0.15, 0.2) is 30.3 Å². The van der Waals surface area contributed by atoms with Crippen molar-refractivity contribution in [3.63, 3.8) is 0 Å². The number of nitrogens with zero attached hydrogens (tertiary/aromatic N) is 3. The van der Waals surface area contributed by atoms with E-state index in [4.69, 9.17) is 9.84 Å². The molecule has 2 heterocycles. The first-order chi connectivity index (χ1) is 12.7. The maximum Gasteiger partial charge on any atom is 0.224 e. The Morgan fingerprint density at radius 3 is 2.65 bits per heavy atom. The summed E-state index contributed by atoms with van der Waals surface area (Å²) in [5.74, 6) is 1.75. The highest BCUT2D eigenvalue weighted by Crippen LogP contribution is 2.27. The van der Waals surface area contributed by atoms with Crippen LogP contribution < -0.4 is 10.2 Å². The number of nitrogens with one attached hydrogen (secondary N) is 1. The van der Waals surface area contributed by atoms with Gasteiger partial charge in [0.15, 0.2) is 0 Å². The molecule has 1 aromatic carbocycles. The summed E-state index contributed by atoms with van der Waals surface area (Å²) in [6, 6.07) is 10.8. The van der Waals surface area contributed by atoms with E-state index in [2.05, 4.69) is 57.4 Å². The van der Waals surface area contributed by atoms with Crippen LogP contribution in [0.25, 0.3) is 0 Å². The van der Waals surface area contributed by atoms with Crippen LogP contribution in [-0.2, 0) is 17.7 Å². The lowest BCUT2D eigenvalue weighted by atomic mass is 10.0. The molecule has 26 heavy (non-hydrogen) atoms. The van der Waals surface area contributed by atoms with Gasteiger partial charge < -0.3 is 20.1 Å². The van der Waals surface area contributed by atoms with E-state index in [1.54, 1.807) is 0 Å². The summed E-state index contributed by atoms with van der Waals surface area (Å²) in [7, 11) is 2.04. The van der Waals surface area contributed by atoms with Crippen molar-refractivity contribution in [3.8, 4) is 0 Å². The Bertz CT molecular complexity index is 699. The van der Waals surface area contributed by atoms with E-state index in [-0.39, 0.29) is 6.61 Å². The van der Waals surface area contributed by atoms with Gasteiger partial charge in [0.25, 0.3) is 0 Å². The summed E-state index contributed by atoms with van der Waals surface area (Å²) in [5.41, 5.74) is 3.59. The molecule has 140 valence electrons. The first-order valence-electron chi connectivity index (χ1n) is 9.30. The van der Waals surface area contributed by atoms with Gasteiger partial charge in [-0.15, -0.1) is 0 Å². The lowest BCUT2D eigenvalue weighted by Gasteiger charge is -2.21. The smallest absolute Gasteiger partial charge is 0.224 e. The van der Waals surface area contributed by atoms with Crippen LogP contribution in [-0.4, -0.2) is 48.5 Å². The molecular weight excluding hydrogens is 328 g/mol. The first-order valence-corrected chi connectivity index (χ1v) is 9.30. The molecule has 0 bridgehead atoms. The molecule has 6 nitrogen and oxygen atoms in total. The molecule has 2 N–H and O–H groups in total. The van der Waals surface area contributed by atoms with Crippen LogP contribution in [0, 0.1) is 0 Å². The maximum atomic E-state index is 9.08. The van der Waals surface area contributed by atoms with Crippen molar-refractivity contribution >= 4 is 11.8 Å². The lowest BCUT2D eigenvalue weighted by molar-refractivity contribution is 0.193. The Morgan fingerprint density at radius 1 is 1.23 bits per heavy atom. The molecule has 0 spiro atoms. The quantitative estimate of drug-likeness (QED) is 0.758.